The standard InChI is InChI=1S/C9H16O3/c1-6-5-7(10)12-8(11-6)9(2,3)4/h6,8H,5H2,1-4H3/t6-,8-/m1/s1. The van der Waals surface area contributed by atoms with E-state index in [1.165, 1.54) is 0 Å². The molecule has 0 aromatic heterocycles. The van der Waals surface area contributed by atoms with E-state index in [2.05, 4.69) is 0 Å². The van der Waals surface area contributed by atoms with Gasteiger partial charge >= 0.3 is 5.97 Å². The van der Waals surface area contributed by atoms with E-state index in [1.807, 2.05) is 27.7 Å². The van der Waals surface area contributed by atoms with Crippen LogP contribution in [-0.4, -0.2) is 18.4 Å². The number of hydrogen-bond acceptors (Lipinski definition) is 3. The van der Waals surface area contributed by atoms with Crippen LogP contribution in [0.15, 0.2) is 0 Å². The van der Waals surface area contributed by atoms with Gasteiger partial charge in [-0.25, -0.2) is 0 Å². The molecule has 3 nitrogen and oxygen atoms in total. The quantitative estimate of drug-likeness (QED) is 0.522. The Morgan fingerprint density at radius 2 is 2.00 bits per heavy atom. The fraction of sp³-hybridized carbons (Fsp3) is 0.889. The zero-order valence-electron chi connectivity index (χ0n) is 8.09. The van der Waals surface area contributed by atoms with Crippen LogP contribution in [0.3, 0.4) is 0 Å². The van der Waals surface area contributed by atoms with Gasteiger partial charge in [-0.2, -0.15) is 0 Å². The molecule has 1 rings (SSSR count). The third kappa shape index (κ3) is 2.21. The summed E-state index contributed by atoms with van der Waals surface area (Å²) >= 11 is 0. The van der Waals surface area contributed by atoms with Crippen molar-refractivity contribution < 1.29 is 14.3 Å². The third-order valence-corrected chi connectivity index (χ3v) is 1.76. The van der Waals surface area contributed by atoms with Gasteiger partial charge in [0.1, 0.15) is 0 Å². The van der Waals surface area contributed by atoms with Crippen LogP contribution in [-0.2, 0) is 14.3 Å². The van der Waals surface area contributed by atoms with Crippen molar-refractivity contribution in [1.29, 1.82) is 0 Å². The number of cyclic esters (lactones) is 1. The molecule has 1 aliphatic heterocycles. The average molecular weight is 172 g/mol. The van der Waals surface area contributed by atoms with Crippen LogP contribution in [0.2, 0.25) is 0 Å². The fourth-order valence-electron chi connectivity index (χ4n) is 1.07. The molecule has 1 fully saturated rings. The predicted molar refractivity (Wildman–Crippen MR) is 44.5 cm³/mol. The summed E-state index contributed by atoms with van der Waals surface area (Å²) in [6, 6.07) is 0. The van der Waals surface area contributed by atoms with Gasteiger partial charge in [-0.15, -0.1) is 0 Å². The number of ether oxygens (including phenoxy) is 2. The van der Waals surface area contributed by atoms with Gasteiger partial charge in [-0.05, 0) is 6.92 Å². The largest absolute Gasteiger partial charge is 0.435 e. The summed E-state index contributed by atoms with van der Waals surface area (Å²) in [4.78, 5) is 11.0. The Kier molecular flexibility index (Phi) is 2.42. The normalized spacial score (nSPS) is 31.5. The zero-order chi connectivity index (χ0) is 9.35. The maximum absolute atomic E-state index is 11.0. The van der Waals surface area contributed by atoms with E-state index in [0.717, 1.165) is 0 Å². The summed E-state index contributed by atoms with van der Waals surface area (Å²) in [5.41, 5.74) is -0.135. The Morgan fingerprint density at radius 1 is 1.42 bits per heavy atom. The zero-order valence-corrected chi connectivity index (χ0v) is 8.09. The molecule has 2 atom stereocenters. The fourth-order valence-corrected chi connectivity index (χ4v) is 1.07. The molecule has 0 unspecified atom stereocenters. The van der Waals surface area contributed by atoms with E-state index in [1.54, 1.807) is 0 Å². The smallest absolute Gasteiger partial charge is 0.310 e. The number of esters is 1. The van der Waals surface area contributed by atoms with Gasteiger partial charge < -0.3 is 9.47 Å². The summed E-state index contributed by atoms with van der Waals surface area (Å²) < 4.78 is 10.5. The van der Waals surface area contributed by atoms with Gasteiger partial charge in [0.25, 0.3) is 0 Å². The molecule has 0 spiro atoms. The van der Waals surface area contributed by atoms with Crippen LogP contribution in [0.25, 0.3) is 0 Å². The van der Waals surface area contributed by atoms with Crippen LogP contribution in [0.4, 0.5) is 0 Å². The predicted octanol–water partition coefficient (Wildman–Crippen LogP) is 1.71. The maximum Gasteiger partial charge on any atom is 0.310 e. The molecule has 0 radical (unpaired) electrons. The Labute approximate surface area is 73.0 Å². The van der Waals surface area contributed by atoms with E-state index in [9.17, 15) is 4.79 Å². The summed E-state index contributed by atoms with van der Waals surface area (Å²) in [5, 5.41) is 0. The van der Waals surface area contributed by atoms with Crippen molar-refractivity contribution in [2.75, 3.05) is 0 Å². The van der Waals surface area contributed by atoms with Crippen LogP contribution >= 0.6 is 0 Å². The molecule has 1 aliphatic rings. The van der Waals surface area contributed by atoms with Crippen LogP contribution in [0.1, 0.15) is 34.1 Å². The molecule has 0 saturated carbocycles. The second-order valence-corrected chi connectivity index (χ2v) is 4.34. The number of carbonyl (C=O) groups is 1. The second-order valence-electron chi connectivity index (χ2n) is 4.34. The topological polar surface area (TPSA) is 35.5 Å². The molecule has 0 amide bonds. The first kappa shape index (κ1) is 9.52. The summed E-state index contributed by atoms with van der Waals surface area (Å²) in [6.07, 6.45) is -0.0451. The lowest BCUT2D eigenvalue weighted by atomic mass is 9.95. The van der Waals surface area contributed by atoms with Crippen LogP contribution in [0.5, 0.6) is 0 Å². The minimum Gasteiger partial charge on any atom is -0.435 e. The van der Waals surface area contributed by atoms with Gasteiger partial charge in [-0.1, -0.05) is 20.8 Å². The van der Waals surface area contributed by atoms with Crippen LogP contribution < -0.4 is 0 Å². The first-order chi connectivity index (χ1) is 5.39. The van der Waals surface area contributed by atoms with E-state index in [-0.39, 0.29) is 17.5 Å². The molecular formula is C9H16O3. The highest BCUT2D eigenvalue weighted by molar-refractivity contribution is 5.70. The summed E-state index contributed by atoms with van der Waals surface area (Å²) in [7, 11) is 0. The maximum atomic E-state index is 11.0. The van der Waals surface area contributed by atoms with Gasteiger partial charge in [-0.3, -0.25) is 4.79 Å². The van der Waals surface area contributed by atoms with Crippen molar-refractivity contribution in [2.45, 2.75) is 46.5 Å². The molecule has 1 saturated heterocycles. The summed E-state index contributed by atoms with van der Waals surface area (Å²) in [5.74, 6) is -0.159. The first-order valence-corrected chi connectivity index (χ1v) is 4.24. The van der Waals surface area contributed by atoms with Crippen molar-refractivity contribution >= 4 is 5.97 Å². The molecule has 0 aromatic rings. The monoisotopic (exact) mass is 172 g/mol. The molecule has 3 heteroatoms. The molecule has 0 bridgehead atoms. The lowest BCUT2D eigenvalue weighted by Crippen LogP contribution is -2.41. The van der Waals surface area contributed by atoms with Crippen LogP contribution in [0, 0.1) is 5.41 Å². The summed E-state index contributed by atoms with van der Waals surface area (Å²) in [6.45, 7) is 7.86. The molecule has 0 aliphatic carbocycles. The SMILES string of the molecule is C[C@@H]1CC(=O)O[C@H](C(C)(C)C)O1. The highest BCUT2D eigenvalue weighted by Gasteiger charge is 2.35. The highest BCUT2D eigenvalue weighted by atomic mass is 16.7. The lowest BCUT2D eigenvalue weighted by Gasteiger charge is -2.35. The Hall–Kier alpha value is -0.570. The van der Waals surface area contributed by atoms with Crippen molar-refractivity contribution in [3.05, 3.63) is 0 Å². The molecule has 0 aromatic carbocycles. The minimum absolute atomic E-state index is 0.0181. The lowest BCUT2D eigenvalue weighted by molar-refractivity contribution is -0.240. The molecule has 12 heavy (non-hydrogen) atoms. The average Bonchev–Trinajstić information content (AvgIpc) is 1.82. The van der Waals surface area contributed by atoms with Gasteiger partial charge in [0.2, 0.25) is 6.29 Å². The van der Waals surface area contributed by atoms with Crippen molar-refractivity contribution in [1.82, 2.24) is 0 Å². The van der Waals surface area contributed by atoms with Crippen molar-refractivity contribution in [2.24, 2.45) is 5.41 Å². The minimum atomic E-state index is -0.395. The van der Waals surface area contributed by atoms with Gasteiger partial charge in [0.05, 0.1) is 12.5 Å². The van der Waals surface area contributed by atoms with Crippen molar-refractivity contribution in [3.8, 4) is 0 Å². The molecule has 1 heterocycles. The molecule has 70 valence electrons. The first-order valence-electron chi connectivity index (χ1n) is 4.24. The number of rotatable bonds is 0. The van der Waals surface area contributed by atoms with E-state index in [0.29, 0.717) is 6.42 Å². The highest BCUT2D eigenvalue weighted by Crippen LogP contribution is 2.28. The Morgan fingerprint density at radius 3 is 2.42 bits per heavy atom. The van der Waals surface area contributed by atoms with Crippen molar-refractivity contribution in [3.63, 3.8) is 0 Å². The second kappa shape index (κ2) is 3.05. The Balaban J connectivity index is 2.62. The van der Waals surface area contributed by atoms with E-state index >= 15 is 0 Å². The number of hydrogen-bond donors (Lipinski definition) is 0. The molecular weight excluding hydrogens is 156 g/mol. The van der Waals surface area contributed by atoms with E-state index in [4.69, 9.17) is 9.47 Å². The van der Waals surface area contributed by atoms with Gasteiger partial charge in [0.15, 0.2) is 0 Å². The van der Waals surface area contributed by atoms with E-state index < -0.39 is 6.29 Å². The van der Waals surface area contributed by atoms with Gasteiger partial charge in [0, 0.05) is 5.41 Å². The Bertz CT molecular complexity index is 181. The third-order valence-electron chi connectivity index (χ3n) is 1.76. The number of carbonyl (C=O) groups excluding carboxylic acids is 1. The molecule has 0 N–H and O–H groups in total.